The van der Waals surface area contributed by atoms with Gasteiger partial charge in [0.2, 0.25) is 0 Å². The van der Waals surface area contributed by atoms with Crippen LogP contribution in [0.1, 0.15) is 87.6 Å². The van der Waals surface area contributed by atoms with Crippen LogP contribution in [0.5, 0.6) is 0 Å². The molecule has 1 aromatic carbocycles. The molecule has 0 N–H and O–H groups in total. The van der Waals surface area contributed by atoms with Crippen molar-refractivity contribution in [3.05, 3.63) is 56.0 Å². The Hall–Kier alpha value is -0.136. The van der Waals surface area contributed by atoms with Crippen LogP contribution in [0.25, 0.3) is 0 Å². The van der Waals surface area contributed by atoms with Crippen molar-refractivity contribution in [3.63, 3.8) is 0 Å². The molecule has 0 aliphatic heterocycles. The van der Waals surface area contributed by atoms with Crippen molar-refractivity contribution < 1.29 is 32.7 Å². The van der Waals surface area contributed by atoms with Crippen molar-refractivity contribution in [1.29, 1.82) is 0 Å². The van der Waals surface area contributed by atoms with E-state index < -0.39 is 0 Å². The number of benzene rings is 1. The minimum atomic E-state index is 0. The van der Waals surface area contributed by atoms with E-state index in [1.165, 1.54) is 17.2 Å². The summed E-state index contributed by atoms with van der Waals surface area (Å²) >= 11 is 0. The summed E-state index contributed by atoms with van der Waals surface area (Å²) < 4.78 is 0. The van der Waals surface area contributed by atoms with Gasteiger partial charge in [-0.15, -0.1) is 17.3 Å². The van der Waals surface area contributed by atoms with Crippen molar-refractivity contribution >= 4 is 5.69 Å². The van der Waals surface area contributed by atoms with Crippen LogP contribution < -0.4 is 4.90 Å². The molecule has 0 bridgehead atoms. The molecule has 0 aliphatic rings. The number of rotatable bonds is 6. The van der Waals surface area contributed by atoms with Gasteiger partial charge in [0.1, 0.15) is 0 Å². The molecule has 0 fully saturated rings. The van der Waals surface area contributed by atoms with Crippen LogP contribution in [0, 0.1) is 19.5 Å². The van der Waals surface area contributed by atoms with Gasteiger partial charge in [0.05, 0.1) is 0 Å². The largest absolute Gasteiger partial charge is 3.00 e. The summed E-state index contributed by atoms with van der Waals surface area (Å²) in [6, 6.07) is 8.57. The van der Waals surface area contributed by atoms with Gasteiger partial charge in [-0.2, -0.15) is 33.0 Å². The standard InChI is InChI=1S/C17H25N.3C2H6.CH3.Y/c1-7-17(5,13-14(3)4)15-11-9-10-12-16(15)18(6)8-2;3*1-2;;/h9-12H,2,7,13H2,1,3-6H3;3*1-2H3;1H3;/q-2;;;;-1;+3. The number of hydrogen-bond donors (Lipinski definition) is 0. The minimum absolute atomic E-state index is 0. The van der Waals surface area contributed by atoms with Gasteiger partial charge in [0, 0.05) is 0 Å². The second-order valence-electron chi connectivity index (χ2n) is 5.53. The van der Waals surface area contributed by atoms with Crippen LogP contribution in [0.15, 0.2) is 30.8 Å². The van der Waals surface area contributed by atoms with Crippen molar-refractivity contribution in [2.45, 2.75) is 87.5 Å². The number of hydrogen-bond acceptors (Lipinski definition) is 1. The summed E-state index contributed by atoms with van der Waals surface area (Å²) in [6.45, 7) is 24.8. The van der Waals surface area contributed by atoms with E-state index in [1.54, 1.807) is 0 Å². The van der Waals surface area contributed by atoms with E-state index >= 15 is 0 Å². The maximum Gasteiger partial charge on any atom is 3.00 e. The van der Waals surface area contributed by atoms with Gasteiger partial charge >= 0.3 is 32.7 Å². The van der Waals surface area contributed by atoms with E-state index in [1.807, 2.05) is 53.5 Å². The SMILES string of the molecule is C=[C-]N(C)c1ccccc1C(C)(CC)C[C-](C)C.CC.CC.CC.[CH3-].[Y+3]. The van der Waals surface area contributed by atoms with E-state index in [0.29, 0.717) is 0 Å². The molecule has 0 spiro atoms. The summed E-state index contributed by atoms with van der Waals surface area (Å²) in [6.07, 6.45) is 5.19. The van der Waals surface area contributed by atoms with Crippen molar-refractivity contribution in [1.82, 2.24) is 0 Å². The van der Waals surface area contributed by atoms with Crippen LogP contribution in [0.2, 0.25) is 0 Å². The number of para-hydroxylation sites is 1. The molecule has 0 heterocycles. The topological polar surface area (TPSA) is 3.24 Å². The molecular formula is C24H46NY. The number of anilines is 1. The van der Waals surface area contributed by atoms with Crippen LogP contribution >= 0.6 is 0 Å². The zero-order valence-corrected chi connectivity index (χ0v) is 22.8. The Morgan fingerprint density at radius 3 is 1.81 bits per heavy atom. The average molecular weight is 438 g/mol. The summed E-state index contributed by atoms with van der Waals surface area (Å²) in [5, 5.41) is 0. The molecule has 0 saturated carbocycles. The van der Waals surface area contributed by atoms with E-state index in [4.69, 9.17) is 0 Å². The third kappa shape index (κ3) is 13.1. The molecule has 0 amide bonds. The van der Waals surface area contributed by atoms with Crippen molar-refractivity contribution in [3.8, 4) is 0 Å². The summed E-state index contributed by atoms with van der Waals surface area (Å²) in [5.41, 5.74) is 2.77. The Labute approximate surface area is 192 Å². The van der Waals surface area contributed by atoms with Crippen LogP contribution in [-0.4, -0.2) is 7.05 Å². The molecule has 0 aliphatic carbocycles. The summed E-state index contributed by atoms with van der Waals surface area (Å²) in [4.78, 5) is 1.98. The summed E-state index contributed by atoms with van der Waals surface area (Å²) in [5.74, 6) is 1.47. The first-order chi connectivity index (χ1) is 11.4. The first kappa shape index (κ1) is 36.7. The Bertz CT molecular complexity index is 401. The molecule has 1 aromatic rings. The van der Waals surface area contributed by atoms with Gasteiger partial charge < -0.3 is 18.2 Å². The van der Waals surface area contributed by atoms with Crippen LogP contribution in [0.3, 0.4) is 0 Å². The normalized spacial score (nSPS) is 10.6. The van der Waals surface area contributed by atoms with Gasteiger partial charge in [0.25, 0.3) is 0 Å². The maximum absolute atomic E-state index is 3.74. The molecular weight excluding hydrogens is 391 g/mol. The molecule has 1 atom stereocenters. The van der Waals surface area contributed by atoms with Gasteiger partial charge in [-0.05, 0) is 12.5 Å². The minimum Gasteiger partial charge on any atom is -0.514 e. The third-order valence-corrected chi connectivity index (χ3v) is 3.68. The Balaban J connectivity index is -0.000000166. The fraction of sp³-hybridized carbons (Fsp3) is 0.583. The predicted octanol–water partition coefficient (Wildman–Crippen LogP) is 8.27. The second-order valence-corrected chi connectivity index (χ2v) is 5.53. The smallest absolute Gasteiger partial charge is 0.514 e. The molecule has 2 heteroatoms. The Morgan fingerprint density at radius 1 is 1.04 bits per heavy atom. The Morgan fingerprint density at radius 2 is 1.46 bits per heavy atom. The van der Waals surface area contributed by atoms with Gasteiger partial charge in [-0.1, -0.05) is 80.0 Å². The third-order valence-electron chi connectivity index (χ3n) is 3.68. The van der Waals surface area contributed by atoms with E-state index in [9.17, 15) is 0 Å². The fourth-order valence-corrected chi connectivity index (χ4v) is 2.55. The average Bonchev–Trinajstić information content (AvgIpc) is 2.65. The fourth-order valence-electron chi connectivity index (χ4n) is 2.55. The van der Waals surface area contributed by atoms with Gasteiger partial charge in [-0.25, -0.2) is 0 Å². The zero-order chi connectivity index (χ0) is 19.8. The molecule has 150 valence electrons. The van der Waals surface area contributed by atoms with Crippen LogP contribution in [-0.2, 0) is 38.1 Å². The van der Waals surface area contributed by atoms with Crippen LogP contribution in [0.4, 0.5) is 5.69 Å². The number of nitrogens with zero attached hydrogens (tertiary/aromatic N) is 1. The first-order valence-electron chi connectivity index (χ1n) is 9.59. The molecule has 1 unspecified atom stereocenters. The van der Waals surface area contributed by atoms with Crippen molar-refractivity contribution in [2.24, 2.45) is 0 Å². The maximum atomic E-state index is 3.74. The zero-order valence-electron chi connectivity index (χ0n) is 20.0. The van der Waals surface area contributed by atoms with E-state index in [0.717, 1.165) is 12.8 Å². The van der Waals surface area contributed by atoms with E-state index in [-0.39, 0.29) is 45.6 Å². The Kier molecular flexibility index (Phi) is 32.4. The molecule has 0 radical (unpaired) electrons. The molecule has 26 heavy (non-hydrogen) atoms. The molecule has 0 aromatic heterocycles. The van der Waals surface area contributed by atoms with Gasteiger partial charge in [0.15, 0.2) is 0 Å². The molecule has 1 nitrogen and oxygen atoms in total. The van der Waals surface area contributed by atoms with Gasteiger partial charge in [-0.3, -0.25) is 0 Å². The molecule has 0 saturated heterocycles. The first-order valence-corrected chi connectivity index (χ1v) is 9.59. The molecule has 1 rings (SSSR count). The quantitative estimate of drug-likeness (QED) is 0.320. The van der Waals surface area contributed by atoms with Crippen molar-refractivity contribution in [2.75, 3.05) is 11.9 Å². The second kappa shape index (κ2) is 22.9. The predicted molar refractivity (Wildman–Crippen MR) is 121 cm³/mol. The van der Waals surface area contributed by atoms with E-state index in [2.05, 4.69) is 64.7 Å². The monoisotopic (exact) mass is 437 g/mol. The summed E-state index contributed by atoms with van der Waals surface area (Å²) in [7, 11) is 2.00.